The number of halogens is 2. The highest BCUT2D eigenvalue weighted by molar-refractivity contribution is 6.30. The average molecular weight is 275 g/mol. The van der Waals surface area contributed by atoms with Gasteiger partial charge in [0.05, 0.1) is 0 Å². The Hall–Kier alpha value is -0.770. The molecule has 1 saturated heterocycles. The molecule has 1 aliphatic rings. The zero-order valence-electron chi connectivity index (χ0n) is 9.43. The van der Waals surface area contributed by atoms with Gasteiger partial charge >= 0.3 is 0 Å². The van der Waals surface area contributed by atoms with E-state index in [2.05, 4.69) is 0 Å². The Morgan fingerprint density at radius 2 is 1.76 bits per heavy atom. The summed E-state index contributed by atoms with van der Waals surface area (Å²) < 4.78 is 0. The molecule has 94 valence electrons. The van der Waals surface area contributed by atoms with Crippen molar-refractivity contribution in [3.63, 3.8) is 0 Å². The second-order valence-electron chi connectivity index (χ2n) is 4.14. The summed E-state index contributed by atoms with van der Waals surface area (Å²) in [4.78, 5) is 13.9. The van der Waals surface area contributed by atoms with Gasteiger partial charge in [-0.2, -0.15) is 0 Å². The summed E-state index contributed by atoms with van der Waals surface area (Å²) in [6.07, 6.45) is 1.78. The summed E-state index contributed by atoms with van der Waals surface area (Å²) in [6, 6.07) is 7.25. The minimum atomic E-state index is 0. The Balaban J connectivity index is 0.00000144. The molecule has 0 aromatic heterocycles. The van der Waals surface area contributed by atoms with Crippen molar-refractivity contribution in [2.75, 3.05) is 13.1 Å². The first kappa shape index (κ1) is 14.3. The zero-order chi connectivity index (χ0) is 11.5. The fourth-order valence-electron chi connectivity index (χ4n) is 1.88. The van der Waals surface area contributed by atoms with E-state index in [1.165, 1.54) is 0 Å². The van der Waals surface area contributed by atoms with Gasteiger partial charge in [0, 0.05) is 29.7 Å². The highest BCUT2D eigenvalue weighted by atomic mass is 35.5. The molecule has 0 spiro atoms. The van der Waals surface area contributed by atoms with E-state index in [0.717, 1.165) is 25.9 Å². The molecule has 3 nitrogen and oxygen atoms in total. The first-order valence-corrected chi connectivity index (χ1v) is 5.85. The number of rotatable bonds is 1. The summed E-state index contributed by atoms with van der Waals surface area (Å²) in [5.74, 6) is 0.0727. The molecule has 2 rings (SSSR count). The molecule has 0 saturated carbocycles. The normalized spacial score (nSPS) is 16.5. The lowest BCUT2D eigenvalue weighted by Crippen LogP contribution is -2.42. The lowest BCUT2D eigenvalue weighted by atomic mass is 10.1. The molecule has 1 fully saturated rings. The molecule has 1 heterocycles. The highest BCUT2D eigenvalue weighted by Crippen LogP contribution is 2.15. The van der Waals surface area contributed by atoms with Crippen LogP contribution in [0.3, 0.4) is 0 Å². The monoisotopic (exact) mass is 274 g/mol. The van der Waals surface area contributed by atoms with Gasteiger partial charge in [-0.25, -0.2) is 0 Å². The van der Waals surface area contributed by atoms with Gasteiger partial charge in [0.25, 0.3) is 5.91 Å². The Bertz CT molecular complexity index is 373. The number of likely N-dealkylation sites (tertiary alicyclic amines) is 1. The number of piperidine rings is 1. The SMILES string of the molecule is Cl.NC1CCN(C(=O)c2ccc(Cl)cc2)CC1. The summed E-state index contributed by atoms with van der Waals surface area (Å²) in [5.41, 5.74) is 6.49. The number of hydrogen-bond acceptors (Lipinski definition) is 2. The topological polar surface area (TPSA) is 46.3 Å². The van der Waals surface area contributed by atoms with Gasteiger partial charge in [0.2, 0.25) is 0 Å². The number of benzene rings is 1. The van der Waals surface area contributed by atoms with E-state index in [0.29, 0.717) is 10.6 Å². The predicted molar refractivity (Wildman–Crippen MR) is 71.8 cm³/mol. The molecule has 0 unspecified atom stereocenters. The highest BCUT2D eigenvalue weighted by Gasteiger charge is 2.21. The summed E-state index contributed by atoms with van der Waals surface area (Å²) >= 11 is 5.78. The third-order valence-corrected chi connectivity index (χ3v) is 3.17. The van der Waals surface area contributed by atoms with E-state index in [1.807, 2.05) is 4.90 Å². The molecular formula is C12H16Cl2N2O. The Morgan fingerprint density at radius 1 is 1.24 bits per heavy atom. The van der Waals surface area contributed by atoms with Crippen LogP contribution in [0.25, 0.3) is 0 Å². The minimum absolute atomic E-state index is 0. The number of amides is 1. The number of nitrogens with zero attached hydrogens (tertiary/aromatic N) is 1. The van der Waals surface area contributed by atoms with Crippen molar-refractivity contribution in [2.45, 2.75) is 18.9 Å². The van der Waals surface area contributed by atoms with Crippen LogP contribution in [0.5, 0.6) is 0 Å². The van der Waals surface area contributed by atoms with Crippen LogP contribution < -0.4 is 5.73 Å². The van der Waals surface area contributed by atoms with E-state index in [-0.39, 0.29) is 24.4 Å². The quantitative estimate of drug-likeness (QED) is 0.855. The van der Waals surface area contributed by atoms with Gasteiger partial charge in [-0.05, 0) is 37.1 Å². The molecule has 17 heavy (non-hydrogen) atoms. The summed E-state index contributed by atoms with van der Waals surface area (Å²) in [5, 5.41) is 0.650. The number of hydrogen-bond donors (Lipinski definition) is 1. The largest absolute Gasteiger partial charge is 0.339 e. The van der Waals surface area contributed by atoms with Crippen molar-refractivity contribution >= 4 is 29.9 Å². The van der Waals surface area contributed by atoms with Crippen molar-refractivity contribution in [3.05, 3.63) is 34.9 Å². The Labute approximate surface area is 112 Å². The lowest BCUT2D eigenvalue weighted by molar-refractivity contribution is 0.0715. The van der Waals surface area contributed by atoms with E-state index in [4.69, 9.17) is 17.3 Å². The fraction of sp³-hybridized carbons (Fsp3) is 0.417. The van der Waals surface area contributed by atoms with Gasteiger partial charge < -0.3 is 10.6 Å². The van der Waals surface area contributed by atoms with Crippen LogP contribution in [0, 0.1) is 0 Å². The molecule has 5 heteroatoms. The van der Waals surface area contributed by atoms with Crippen molar-refractivity contribution in [1.29, 1.82) is 0 Å². The van der Waals surface area contributed by atoms with E-state index < -0.39 is 0 Å². The molecule has 2 N–H and O–H groups in total. The van der Waals surface area contributed by atoms with Crippen LogP contribution in [-0.4, -0.2) is 29.9 Å². The van der Waals surface area contributed by atoms with Gasteiger partial charge in [0.1, 0.15) is 0 Å². The van der Waals surface area contributed by atoms with Crippen LogP contribution >= 0.6 is 24.0 Å². The van der Waals surface area contributed by atoms with Crippen LogP contribution in [0.15, 0.2) is 24.3 Å². The van der Waals surface area contributed by atoms with Gasteiger partial charge in [-0.3, -0.25) is 4.79 Å². The average Bonchev–Trinajstić information content (AvgIpc) is 2.30. The van der Waals surface area contributed by atoms with E-state index in [9.17, 15) is 4.79 Å². The second-order valence-corrected chi connectivity index (χ2v) is 4.57. The lowest BCUT2D eigenvalue weighted by Gasteiger charge is -2.30. The molecule has 0 radical (unpaired) electrons. The Kier molecular flexibility index (Phi) is 5.25. The maximum Gasteiger partial charge on any atom is 0.253 e. The Morgan fingerprint density at radius 3 is 2.29 bits per heavy atom. The second kappa shape index (κ2) is 6.24. The van der Waals surface area contributed by atoms with Crippen LogP contribution in [0.2, 0.25) is 5.02 Å². The first-order valence-electron chi connectivity index (χ1n) is 5.47. The molecule has 0 bridgehead atoms. The van der Waals surface area contributed by atoms with Crippen LogP contribution in [0.4, 0.5) is 0 Å². The molecule has 1 amide bonds. The third kappa shape index (κ3) is 3.60. The third-order valence-electron chi connectivity index (χ3n) is 2.92. The van der Waals surface area contributed by atoms with E-state index >= 15 is 0 Å². The van der Waals surface area contributed by atoms with E-state index in [1.54, 1.807) is 24.3 Å². The predicted octanol–water partition coefficient (Wildman–Crippen LogP) is 2.33. The molecule has 1 aromatic rings. The number of carbonyl (C=O) groups is 1. The van der Waals surface area contributed by atoms with Crippen molar-refractivity contribution < 1.29 is 4.79 Å². The van der Waals surface area contributed by atoms with Crippen molar-refractivity contribution in [1.82, 2.24) is 4.90 Å². The first-order chi connectivity index (χ1) is 7.66. The van der Waals surface area contributed by atoms with Crippen LogP contribution in [0.1, 0.15) is 23.2 Å². The van der Waals surface area contributed by atoms with Crippen molar-refractivity contribution in [2.24, 2.45) is 5.73 Å². The molecular weight excluding hydrogens is 259 g/mol. The molecule has 1 aliphatic heterocycles. The zero-order valence-corrected chi connectivity index (χ0v) is 11.0. The number of carbonyl (C=O) groups excluding carboxylic acids is 1. The van der Waals surface area contributed by atoms with Crippen LogP contribution in [-0.2, 0) is 0 Å². The minimum Gasteiger partial charge on any atom is -0.339 e. The standard InChI is InChI=1S/C12H15ClN2O.ClH/c13-10-3-1-9(2-4-10)12(16)15-7-5-11(14)6-8-15;/h1-4,11H,5-8,14H2;1H. The molecule has 0 atom stereocenters. The summed E-state index contributed by atoms with van der Waals surface area (Å²) in [6.45, 7) is 1.51. The smallest absolute Gasteiger partial charge is 0.253 e. The summed E-state index contributed by atoms with van der Waals surface area (Å²) in [7, 11) is 0. The maximum atomic E-state index is 12.1. The fourth-order valence-corrected chi connectivity index (χ4v) is 2.00. The van der Waals surface area contributed by atoms with Gasteiger partial charge in [0.15, 0.2) is 0 Å². The molecule has 0 aliphatic carbocycles. The van der Waals surface area contributed by atoms with Crippen molar-refractivity contribution in [3.8, 4) is 0 Å². The maximum absolute atomic E-state index is 12.1. The van der Waals surface area contributed by atoms with Gasteiger partial charge in [-0.15, -0.1) is 12.4 Å². The number of nitrogens with two attached hydrogens (primary N) is 1. The molecule has 1 aromatic carbocycles. The van der Waals surface area contributed by atoms with Gasteiger partial charge in [-0.1, -0.05) is 11.6 Å².